The van der Waals surface area contributed by atoms with E-state index in [0.29, 0.717) is 23.1 Å². The van der Waals surface area contributed by atoms with Gasteiger partial charge in [-0.1, -0.05) is 39.3 Å². The number of nitrogens with one attached hydrogen (secondary N) is 1. The molecule has 18 heavy (non-hydrogen) atoms. The number of rotatable bonds is 4. The Kier molecular flexibility index (Phi) is 5.03. The van der Waals surface area contributed by atoms with Gasteiger partial charge in [0.05, 0.1) is 12.3 Å². The number of carbonyl (C=O) groups excluding carboxylic acids is 1. The molecule has 0 saturated carbocycles. The summed E-state index contributed by atoms with van der Waals surface area (Å²) in [5, 5.41) is 3.42. The predicted octanol–water partition coefficient (Wildman–Crippen LogP) is 4.11. The maximum absolute atomic E-state index is 12.0. The van der Waals surface area contributed by atoms with Crippen LogP contribution in [-0.2, 0) is 4.79 Å². The molecule has 1 aromatic carbocycles. The lowest BCUT2D eigenvalue weighted by atomic mass is 9.95. The van der Waals surface area contributed by atoms with Gasteiger partial charge in [-0.05, 0) is 24.6 Å². The van der Waals surface area contributed by atoms with Gasteiger partial charge in [0.15, 0.2) is 0 Å². The minimum Gasteiger partial charge on any atom is -0.491 e. The molecule has 0 heterocycles. The minimum atomic E-state index is -0.454. The summed E-state index contributed by atoms with van der Waals surface area (Å²) in [6, 6.07) is 5.23. The molecule has 1 aromatic rings. The van der Waals surface area contributed by atoms with Crippen molar-refractivity contribution in [3.05, 3.63) is 23.2 Å². The van der Waals surface area contributed by atoms with E-state index >= 15 is 0 Å². The lowest BCUT2D eigenvalue weighted by Crippen LogP contribution is -2.27. The van der Waals surface area contributed by atoms with Crippen LogP contribution in [0.1, 0.15) is 34.1 Å². The van der Waals surface area contributed by atoms with Gasteiger partial charge in [-0.15, -0.1) is 0 Å². The van der Waals surface area contributed by atoms with Crippen molar-refractivity contribution >= 4 is 23.2 Å². The van der Waals surface area contributed by atoms with Crippen molar-refractivity contribution < 1.29 is 9.53 Å². The summed E-state index contributed by atoms with van der Waals surface area (Å²) >= 11 is 5.94. The predicted molar refractivity (Wildman–Crippen MR) is 75.3 cm³/mol. The molecule has 4 heteroatoms. The number of anilines is 1. The highest BCUT2D eigenvalue weighted by Gasteiger charge is 2.22. The molecule has 100 valence electrons. The number of carbonyl (C=O) groups is 1. The third-order valence-electron chi connectivity index (χ3n) is 2.33. The van der Waals surface area contributed by atoms with Gasteiger partial charge in [0.1, 0.15) is 5.75 Å². The van der Waals surface area contributed by atoms with Crippen LogP contribution >= 0.6 is 11.6 Å². The van der Waals surface area contributed by atoms with Crippen LogP contribution in [0.3, 0.4) is 0 Å². The summed E-state index contributed by atoms with van der Waals surface area (Å²) in [7, 11) is 0. The van der Waals surface area contributed by atoms with Crippen molar-refractivity contribution in [2.75, 3.05) is 11.9 Å². The molecule has 0 bridgehead atoms. The zero-order chi connectivity index (χ0) is 13.8. The van der Waals surface area contributed by atoms with Crippen LogP contribution in [0, 0.1) is 5.41 Å². The van der Waals surface area contributed by atoms with Crippen molar-refractivity contribution in [1.29, 1.82) is 0 Å². The van der Waals surface area contributed by atoms with Crippen molar-refractivity contribution in [3.63, 3.8) is 0 Å². The number of hydrogen-bond donors (Lipinski definition) is 1. The number of halogens is 1. The topological polar surface area (TPSA) is 38.3 Å². The minimum absolute atomic E-state index is 0.0638. The first-order valence-electron chi connectivity index (χ1n) is 6.08. The Balaban J connectivity index is 2.91. The lowest BCUT2D eigenvalue weighted by Gasteiger charge is -2.19. The molecule has 0 spiro atoms. The molecule has 0 saturated heterocycles. The summed E-state index contributed by atoms with van der Waals surface area (Å²) < 4.78 is 5.58. The molecule has 0 aliphatic rings. The molecule has 1 amide bonds. The second-order valence-corrected chi connectivity index (χ2v) is 5.63. The average Bonchev–Trinajstić information content (AvgIpc) is 2.26. The molecular weight excluding hydrogens is 250 g/mol. The molecule has 0 fully saturated rings. The second kappa shape index (κ2) is 6.10. The zero-order valence-corrected chi connectivity index (χ0v) is 12.1. The molecule has 0 aromatic heterocycles. The molecule has 0 aliphatic heterocycles. The Morgan fingerprint density at radius 3 is 2.61 bits per heavy atom. The monoisotopic (exact) mass is 269 g/mol. The van der Waals surface area contributed by atoms with Crippen LogP contribution in [-0.4, -0.2) is 12.5 Å². The molecular formula is C14H20ClNO2. The number of hydrogen-bond acceptors (Lipinski definition) is 2. The Morgan fingerprint density at radius 1 is 1.39 bits per heavy atom. The van der Waals surface area contributed by atoms with Gasteiger partial charge in [0, 0.05) is 10.4 Å². The van der Waals surface area contributed by atoms with Gasteiger partial charge in [-0.2, -0.15) is 0 Å². The van der Waals surface area contributed by atoms with E-state index < -0.39 is 5.41 Å². The smallest absolute Gasteiger partial charge is 0.229 e. The third kappa shape index (κ3) is 4.22. The molecule has 0 radical (unpaired) electrons. The van der Waals surface area contributed by atoms with Crippen LogP contribution in [0.25, 0.3) is 0 Å². The van der Waals surface area contributed by atoms with E-state index in [9.17, 15) is 4.79 Å². The SMILES string of the molecule is CCCOc1ccc(Cl)cc1NC(=O)C(C)(C)C. The van der Waals surface area contributed by atoms with E-state index in [-0.39, 0.29) is 5.91 Å². The highest BCUT2D eigenvalue weighted by Crippen LogP contribution is 2.29. The average molecular weight is 270 g/mol. The molecule has 1 rings (SSSR count). The number of ether oxygens (including phenoxy) is 1. The van der Waals surface area contributed by atoms with Crippen LogP contribution in [0.4, 0.5) is 5.69 Å². The summed E-state index contributed by atoms with van der Waals surface area (Å²) in [6.45, 7) is 8.22. The van der Waals surface area contributed by atoms with E-state index in [1.165, 1.54) is 0 Å². The molecule has 0 aliphatic carbocycles. The standard InChI is InChI=1S/C14H20ClNO2/c1-5-8-18-12-7-6-10(15)9-11(12)16-13(17)14(2,3)4/h6-7,9H,5,8H2,1-4H3,(H,16,17). The van der Waals surface area contributed by atoms with Gasteiger partial charge in [0.25, 0.3) is 0 Å². The van der Waals surface area contributed by atoms with Crippen molar-refractivity contribution in [2.24, 2.45) is 5.41 Å². The Labute approximate surface area is 113 Å². The van der Waals surface area contributed by atoms with Crippen molar-refractivity contribution in [1.82, 2.24) is 0 Å². The summed E-state index contributed by atoms with van der Waals surface area (Å²) in [5.41, 5.74) is 0.167. The first kappa shape index (κ1) is 14.8. The molecule has 3 nitrogen and oxygen atoms in total. The van der Waals surface area contributed by atoms with Gasteiger partial charge in [-0.3, -0.25) is 4.79 Å². The zero-order valence-electron chi connectivity index (χ0n) is 11.3. The number of amides is 1. The van der Waals surface area contributed by atoms with Crippen LogP contribution in [0.2, 0.25) is 5.02 Å². The van der Waals surface area contributed by atoms with E-state index in [0.717, 1.165) is 6.42 Å². The van der Waals surface area contributed by atoms with E-state index in [1.807, 2.05) is 27.7 Å². The van der Waals surface area contributed by atoms with Gasteiger partial charge in [0.2, 0.25) is 5.91 Å². The van der Waals surface area contributed by atoms with Crippen molar-refractivity contribution in [3.8, 4) is 5.75 Å². The maximum Gasteiger partial charge on any atom is 0.229 e. The first-order valence-corrected chi connectivity index (χ1v) is 6.46. The Bertz CT molecular complexity index is 424. The molecule has 0 unspecified atom stereocenters. The summed E-state index contributed by atoms with van der Waals surface area (Å²) in [6.07, 6.45) is 0.912. The Hall–Kier alpha value is -1.22. The van der Waals surface area contributed by atoms with Crippen molar-refractivity contribution in [2.45, 2.75) is 34.1 Å². The fourth-order valence-corrected chi connectivity index (χ4v) is 1.42. The molecule has 0 atom stereocenters. The second-order valence-electron chi connectivity index (χ2n) is 5.19. The fourth-order valence-electron chi connectivity index (χ4n) is 1.25. The highest BCUT2D eigenvalue weighted by atomic mass is 35.5. The van der Waals surface area contributed by atoms with Crippen LogP contribution < -0.4 is 10.1 Å². The highest BCUT2D eigenvalue weighted by molar-refractivity contribution is 6.31. The summed E-state index contributed by atoms with van der Waals surface area (Å²) in [5.74, 6) is 0.588. The number of benzene rings is 1. The van der Waals surface area contributed by atoms with Gasteiger partial charge < -0.3 is 10.1 Å². The fraction of sp³-hybridized carbons (Fsp3) is 0.500. The first-order chi connectivity index (χ1) is 8.34. The Morgan fingerprint density at radius 2 is 2.06 bits per heavy atom. The van der Waals surface area contributed by atoms with Gasteiger partial charge in [-0.25, -0.2) is 0 Å². The van der Waals surface area contributed by atoms with Crippen LogP contribution in [0.15, 0.2) is 18.2 Å². The maximum atomic E-state index is 12.0. The van der Waals surface area contributed by atoms with Crippen LogP contribution in [0.5, 0.6) is 5.75 Å². The molecule has 1 N–H and O–H groups in total. The van der Waals surface area contributed by atoms with E-state index in [1.54, 1.807) is 18.2 Å². The normalized spacial score (nSPS) is 11.2. The van der Waals surface area contributed by atoms with Gasteiger partial charge >= 0.3 is 0 Å². The van der Waals surface area contributed by atoms with E-state index in [2.05, 4.69) is 5.32 Å². The quantitative estimate of drug-likeness (QED) is 0.893. The largest absolute Gasteiger partial charge is 0.491 e. The third-order valence-corrected chi connectivity index (χ3v) is 2.57. The van der Waals surface area contributed by atoms with E-state index in [4.69, 9.17) is 16.3 Å². The summed E-state index contributed by atoms with van der Waals surface area (Å²) in [4.78, 5) is 12.0. The lowest BCUT2D eigenvalue weighted by molar-refractivity contribution is -0.123.